The van der Waals surface area contributed by atoms with Gasteiger partial charge in [-0.05, 0) is 22.6 Å². The molecule has 76 valence electrons. The molecule has 1 atom stereocenters. The van der Waals surface area contributed by atoms with Crippen molar-refractivity contribution in [3.05, 3.63) is 34.9 Å². The van der Waals surface area contributed by atoms with Gasteiger partial charge in [-0.2, -0.15) is 0 Å². The molecular formula is C12H17NO. The van der Waals surface area contributed by atoms with Crippen molar-refractivity contribution in [1.29, 1.82) is 0 Å². The van der Waals surface area contributed by atoms with E-state index in [0.29, 0.717) is 12.5 Å². The van der Waals surface area contributed by atoms with Crippen molar-refractivity contribution < 1.29 is 4.74 Å². The van der Waals surface area contributed by atoms with Crippen LogP contribution in [0.2, 0.25) is 0 Å². The van der Waals surface area contributed by atoms with E-state index < -0.39 is 0 Å². The Morgan fingerprint density at radius 2 is 2.21 bits per heavy atom. The molecule has 1 aliphatic heterocycles. The molecule has 1 aliphatic rings. The van der Waals surface area contributed by atoms with Crippen molar-refractivity contribution >= 4 is 0 Å². The smallest absolute Gasteiger partial charge is 0.0723 e. The van der Waals surface area contributed by atoms with Crippen molar-refractivity contribution in [3.8, 4) is 0 Å². The van der Waals surface area contributed by atoms with E-state index in [1.807, 2.05) is 0 Å². The minimum absolute atomic E-state index is 0.0532. The van der Waals surface area contributed by atoms with E-state index in [1.54, 1.807) is 0 Å². The van der Waals surface area contributed by atoms with E-state index >= 15 is 0 Å². The van der Waals surface area contributed by atoms with E-state index in [9.17, 15) is 0 Å². The number of fused-ring (bicyclic) bond motifs is 1. The van der Waals surface area contributed by atoms with Crippen molar-refractivity contribution in [2.75, 3.05) is 6.61 Å². The van der Waals surface area contributed by atoms with Crippen LogP contribution in [-0.2, 0) is 11.3 Å². The minimum atomic E-state index is 0.0532. The molecule has 0 radical (unpaired) electrons. The zero-order valence-electron chi connectivity index (χ0n) is 8.79. The Labute approximate surface area is 85.1 Å². The lowest BCUT2D eigenvalue weighted by Crippen LogP contribution is -2.24. The van der Waals surface area contributed by atoms with Gasteiger partial charge in [0.2, 0.25) is 0 Å². The molecule has 0 fully saturated rings. The second-order valence-corrected chi connectivity index (χ2v) is 4.19. The van der Waals surface area contributed by atoms with Gasteiger partial charge in [-0.15, -0.1) is 0 Å². The zero-order valence-corrected chi connectivity index (χ0v) is 8.79. The van der Waals surface area contributed by atoms with Gasteiger partial charge in [0.1, 0.15) is 0 Å². The quantitative estimate of drug-likeness (QED) is 0.739. The third-order valence-corrected chi connectivity index (χ3v) is 2.81. The summed E-state index contributed by atoms with van der Waals surface area (Å²) in [6.45, 7) is 5.78. The molecule has 0 bridgehead atoms. The summed E-state index contributed by atoms with van der Waals surface area (Å²) in [5.41, 5.74) is 9.94. The molecule has 0 spiro atoms. The predicted molar refractivity (Wildman–Crippen MR) is 57.1 cm³/mol. The van der Waals surface area contributed by atoms with Crippen LogP contribution in [0.4, 0.5) is 0 Å². The van der Waals surface area contributed by atoms with E-state index in [2.05, 4.69) is 32.0 Å². The van der Waals surface area contributed by atoms with Gasteiger partial charge in [0, 0.05) is 0 Å². The molecule has 0 unspecified atom stereocenters. The fraction of sp³-hybridized carbons (Fsp3) is 0.500. The molecule has 0 saturated heterocycles. The molecule has 0 amide bonds. The molecule has 0 saturated carbocycles. The Hall–Kier alpha value is -0.860. The van der Waals surface area contributed by atoms with Crippen LogP contribution >= 0.6 is 0 Å². The Balaban J connectivity index is 2.49. The SMILES string of the molecule is CC(C)c1cccc2c1COC[C@H]2N. The normalized spacial score (nSPS) is 21.0. The van der Waals surface area contributed by atoms with Crippen LogP contribution in [0.1, 0.15) is 42.5 Å². The first-order valence-electron chi connectivity index (χ1n) is 5.15. The van der Waals surface area contributed by atoms with E-state index in [-0.39, 0.29) is 6.04 Å². The zero-order chi connectivity index (χ0) is 10.1. The predicted octanol–water partition coefficient (Wildman–Crippen LogP) is 2.34. The summed E-state index contributed by atoms with van der Waals surface area (Å²) in [5, 5.41) is 0. The third kappa shape index (κ3) is 1.56. The van der Waals surface area contributed by atoms with Crippen LogP contribution in [-0.4, -0.2) is 6.61 Å². The molecule has 2 rings (SSSR count). The molecule has 14 heavy (non-hydrogen) atoms. The van der Waals surface area contributed by atoms with Crippen molar-refractivity contribution in [3.63, 3.8) is 0 Å². The highest BCUT2D eigenvalue weighted by Gasteiger charge is 2.20. The summed E-state index contributed by atoms with van der Waals surface area (Å²) in [7, 11) is 0. The average molecular weight is 191 g/mol. The molecule has 1 heterocycles. The minimum Gasteiger partial charge on any atom is -0.375 e. The van der Waals surface area contributed by atoms with Gasteiger partial charge in [-0.1, -0.05) is 32.0 Å². The Bertz CT molecular complexity index is 319. The number of benzene rings is 1. The summed E-state index contributed by atoms with van der Waals surface area (Å²) >= 11 is 0. The van der Waals surface area contributed by atoms with Gasteiger partial charge >= 0.3 is 0 Å². The molecule has 1 aromatic rings. The summed E-state index contributed by atoms with van der Waals surface area (Å²) < 4.78 is 5.47. The highest BCUT2D eigenvalue weighted by molar-refractivity contribution is 5.39. The number of ether oxygens (including phenoxy) is 1. The molecule has 2 nitrogen and oxygen atoms in total. The van der Waals surface area contributed by atoms with Gasteiger partial charge in [-0.3, -0.25) is 0 Å². The number of hydrogen-bond donors (Lipinski definition) is 1. The summed E-state index contributed by atoms with van der Waals surface area (Å²) in [5.74, 6) is 0.541. The fourth-order valence-electron chi connectivity index (χ4n) is 2.06. The number of rotatable bonds is 1. The summed E-state index contributed by atoms with van der Waals surface area (Å²) in [6, 6.07) is 6.44. The van der Waals surface area contributed by atoms with Crippen LogP contribution in [0.5, 0.6) is 0 Å². The third-order valence-electron chi connectivity index (χ3n) is 2.81. The maximum Gasteiger partial charge on any atom is 0.0723 e. The Morgan fingerprint density at radius 3 is 2.93 bits per heavy atom. The fourth-order valence-corrected chi connectivity index (χ4v) is 2.06. The maximum absolute atomic E-state index is 5.99. The van der Waals surface area contributed by atoms with E-state index in [4.69, 9.17) is 10.5 Å². The van der Waals surface area contributed by atoms with Crippen LogP contribution in [0.25, 0.3) is 0 Å². The first kappa shape index (κ1) is 9.69. The summed E-state index contributed by atoms with van der Waals surface area (Å²) in [6.07, 6.45) is 0. The van der Waals surface area contributed by atoms with E-state index in [1.165, 1.54) is 16.7 Å². The van der Waals surface area contributed by atoms with Crippen LogP contribution < -0.4 is 5.73 Å². The van der Waals surface area contributed by atoms with Crippen LogP contribution in [0, 0.1) is 0 Å². The largest absolute Gasteiger partial charge is 0.375 e. The second kappa shape index (κ2) is 3.71. The maximum atomic E-state index is 5.99. The molecule has 0 aliphatic carbocycles. The highest BCUT2D eigenvalue weighted by Crippen LogP contribution is 2.29. The number of nitrogens with two attached hydrogens (primary N) is 1. The van der Waals surface area contributed by atoms with Gasteiger partial charge in [-0.25, -0.2) is 0 Å². The van der Waals surface area contributed by atoms with Gasteiger partial charge < -0.3 is 10.5 Å². The molecule has 0 aromatic heterocycles. The van der Waals surface area contributed by atoms with Crippen molar-refractivity contribution in [1.82, 2.24) is 0 Å². The standard InChI is InChI=1S/C12H17NO/c1-8(2)9-4-3-5-10-11(9)6-14-7-12(10)13/h3-5,8,12H,6-7,13H2,1-2H3/t12-/m1/s1. The molecular weight excluding hydrogens is 174 g/mol. The second-order valence-electron chi connectivity index (χ2n) is 4.19. The van der Waals surface area contributed by atoms with Crippen LogP contribution in [0.3, 0.4) is 0 Å². The first-order chi connectivity index (χ1) is 6.70. The lowest BCUT2D eigenvalue weighted by molar-refractivity contribution is 0.0915. The van der Waals surface area contributed by atoms with E-state index in [0.717, 1.165) is 6.61 Å². The lowest BCUT2D eigenvalue weighted by atomic mass is 9.90. The monoisotopic (exact) mass is 191 g/mol. The average Bonchev–Trinajstić information content (AvgIpc) is 2.17. The Kier molecular flexibility index (Phi) is 2.57. The van der Waals surface area contributed by atoms with Gasteiger partial charge in [0.25, 0.3) is 0 Å². The summed E-state index contributed by atoms with van der Waals surface area (Å²) in [4.78, 5) is 0. The topological polar surface area (TPSA) is 35.2 Å². The van der Waals surface area contributed by atoms with Gasteiger partial charge in [0.15, 0.2) is 0 Å². The first-order valence-corrected chi connectivity index (χ1v) is 5.15. The number of hydrogen-bond acceptors (Lipinski definition) is 2. The molecule has 1 aromatic carbocycles. The van der Waals surface area contributed by atoms with Crippen LogP contribution in [0.15, 0.2) is 18.2 Å². The molecule has 2 N–H and O–H groups in total. The van der Waals surface area contributed by atoms with Crippen molar-refractivity contribution in [2.24, 2.45) is 5.73 Å². The van der Waals surface area contributed by atoms with Gasteiger partial charge in [0.05, 0.1) is 19.3 Å². The Morgan fingerprint density at radius 1 is 1.43 bits per heavy atom. The highest BCUT2D eigenvalue weighted by atomic mass is 16.5. The molecule has 2 heteroatoms. The lowest BCUT2D eigenvalue weighted by Gasteiger charge is -2.26. The van der Waals surface area contributed by atoms with Crippen molar-refractivity contribution in [2.45, 2.75) is 32.4 Å².